The second-order valence-corrected chi connectivity index (χ2v) is 6.65. The van der Waals surface area contributed by atoms with Crippen LogP contribution in [-0.2, 0) is 0 Å². The smallest absolute Gasteiger partial charge is 0.287 e. The summed E-state index contributed by atoms with van der Waals surface area (Å²) in [5, 5.41) is 9.19. The van der Waals surface area contributed by atoms with Crippen LogP contribution in [0.5, 0.6) is 0 Å². The lowest BCUT2D eigenvalue weighted by atomic mass is 9.95. The van der Waals surface area contributed by atoms with E-state index in [1.54, 1.807) is 31.3 Å². The van der Waals surface area contributed by atoms with Gasteiger partial charge in [0.25, 0.3) is 11.8 Å². The van der Waals surface area contributed by atoms with Crippen molar-refractivity contribution in [2.75, 3.05) is 7.05 Å². The van der Waals surface area contributed by atoms with Gasteiger partial charge in [-0.25, -0.2) is 0 Å². The Bertz CT molecular complexity index is 814. The Morgan fingerprint density at radius 3 is 2.68 bits per heavy atom. The molecule has 3 heterocycles. The molecule has 1 aromatic carbocycles. The second-order valence-electron chi connectivity index (χ2n) is 6.65. The predicted octanol–water partition coefficient (Wildman–Crippen LogP) is 1.93. The molecule has 2 aliphatic rings. The zero-order valence-electron chi connectivity index (χ0n) is 14.0. The van der Waals surface area contributed by atoms with E-state index in [1.165, 1.54) is 6.42 Å². The monoisotopic (exact) mass is 339 g/mol. The molecule has 2 fully saturated rings. The Hall–Kier alpha value is -2.60. The highest BCUT2D eigenvalue weighted by Gasteiger charge is 2.40. The Labute approximate surface area is 146 Å². The molecule has 3 N–H and O–H groups in total. The molecular formula is C19H21N3O3. The number of rotatable bonds is 4. The summed E-state index contributed by atoms with van der Waals surface area (Å²) in [5.41, 5.74) is 1.19. The van der Waals surface area contributed by atoms with Crippen molar-refractivity contribution >= 4 is 11.8 Å². The summed E-state index contributed by atoms with van der Waals surface area (Å²) in [4.78, 5) is 24.5. The van der Waals surface area contributed by atoms with E-state index in [9.17, 15) is 9.59 Å². The summed E-state index contributed by atoms with van der Waals surface area (Å²) < 4.78 is 5.74. The predicted molar refractivity (Wildman–Crippen MR) is 93.4 cm³/mol. The Morgan fingerprint density at radius 1 is 1.12 bits per heavy atom. The van der Waals surface area contributed by atoms with Crippen LogP contribution in [0.1, 0.15) is 40.2 Å². The van der Waals surface area contributed by atoms with Gasteiger partial charge in [-0.15, -0.1) is 0 Å². The second kappa shape index (κ2) is 6.37. The van der Waals surface area contributed by atoms with Crippen LogP contribution in [0, 0.1) is 0 Å². The van der Waals surface area contributed by atoms with Gasteiger partial charge in [-0.1, -0.05) is 18.2 Å². The summed E-state index contributed by atoms with van der Waals surface area (Å²) in [6.45, 7) is 0. The van der Waals surface area contributed by atoms with Gasteiger partial charge in [0.05, 0.1) is 5.56 Å². The number of amides is 2. The number of carbonyl (C=O) groups is 2. The van der Waals surface area contributed by atoms with E-state index in [0.29, 0.717) is 29.0 Å². The van der Waals surface area contributed by atoms with Crippen molar-refractivity contribution in [3.63, 3.8) is 0 Å². The maximum absolute atomic E-state index is 12.5. The average molecular weight is 339 g/mol. The molecule has 4 rings (SSSR count). The number of hydrogen-bond donors (Lipinski definition) is 3. The van der Waals surface area contributed by atoms with Crippen molar-refractivity contribution in [3.8, 4) is 11.3 Å². The normalized spacial score (nSPS) is 24.3. The van der Waals surface area contributed by atoms with Gasteiger partial charge in [0.15, 0.2) is 5.76 Å². The van der Waals surface area contributed by atoms with Gasteiger partial charge in [0, 0.05) is 30.7 Å². The van der Waals surface area contributed by atoms with Crippen LogP contribution in [0.4, 0.5) is 0 Å². The first-order valence-corrected chi connectivity index (χ1v) is 8.64. The number of nitrogens with one attached hydrogen (secondary N) is 3. The molecule has 2 bridgehead atoms. The van der Waals surface area contributed by atoms with E-state index in [0.717, 1.165) is 12.8 Å². The molecule has 2 aromatic rings. The van der Waals surface area contributed by atoms with E-state index in [2.05, 4.69) is 16.0 Å². The molecule has 25 heavy (non-hydrogen) atoms. The minimum atomic E-state index is -0.206. The van der Waals surface area contributed by atoms with Crippen LogP contribution < -0.4 is 16.0 Å². The van der Waals surface area contributed by atoms with Crippen LogP contribution in [0.25, 0.3) is 11.3 Å². The van der Waals surface area contributed by atoms with Gasteiger partial charge in [-0.3, -0.25) is 9.59 Å². The molecule has 6 nitrogen and oxygen atoms in total. The molecule has 2 amide bonds. The lowest BCUT2D eigenvalue weighted by Crippen LogP contribution is -2.42. The molecule has 3 unspecified atom stereocenters. The molecule has 6 heteroatoms. The van der Waals surface area contributed by atoms with E-state index in [1.807, 2.05) is 12.1 Å². The first-order valence-electron chi connectivity index (χ1n) is 8.64. The van der Waals surface area contributed by atoms with Crippen molar-refractivity contribution in [1.82, 2.24) is 16.0 Å². The minimum Gasteiger partial charge on any atom is -0.451 e. The summed E-state index contributed by atoms with van der Waals surface area (Å²) >= 11 is 0. The highest BCUT2D eigenvalue weighted by Crippen LogP contribution is 2.29. The lowest BCUT2D eigenvalue weighted by Gasteiger charge is -2.20. The molecule has 2 saturated heterocycles. The SMILES string of the molecule is CNC(=O)c1ccccc1-c1ccc(C(=O)NC2CC3CCC2N3)o1. The van der Waals surface area contributed by atoms with Crippen molar-refractivity contribution in [2.45, 2.75) is 37.4 Å². The van der Waals surface area contributed by atoms with Crippen LogP contribution in [0.15, 0.2) is 40.8 Å². The van der Waals surface area contributed by atoms with Crippen molar-refractivity contribution in [2.24, 2.45) is 0 Å². The standard InChI is InChI=1S/C19H21N3O3/c1-20-18(23)13-5-3-2-4-12(13)16-8-9-17(25-16)19(24)22-15-10-11-6-7-14(15)21-11/h2-5,8-9,11,14-15,21H,6-7,10H2,1H3,(H,20,23)(H,22,24). The molecule has 1 aromatic heterocycles. The first-order chi connectivity index (χ1) is 12.2. The number of hydrogen-bond acceptors (Lipinski definition) is 4. The van der Waals surface area contributed by atoms with Gasteiger partial charge in [-0.05, 0) is 37.5 Å². The lowest BCUT2D eigenvalue weighted by molar-refractivity contribution is 0.0903. The summed E-state index contributed by atoms with van der Waals surface area (Å²) in [7, 11) is 1.59. The molecule has 2 aliphatic heterocycles. The van der Waals surface area contributed by atoms with Crippen LogP contribution in [0.2, 0.25) is 0 Å². The first kappa shape index (κ1) is 15.9. The fourth-order valence-corrected chi connectivity index (χ4v) is 3.86. The summed E-state index contributed by atoms with van der Waals surface area (Å²) in [6, 6.07) is 11.6. The number of fused-ring (bicyclic) bond motifs is 2. The fraction of sp³-hybridized carbons (Fsp3) is 0.368. The fourth-order valence-electron chi connectivity index (χ4n) is 3.86. The summed E-state index contributed by atoms with van der Waals surface area (Å²) in [5.74, 6) is 0.383. The zero-order chi connectivity index (χ0) is 17.4. The Morgan fingerprint density at radius 2 is 1.96 bits per heavy atom. The number of furan rings is 1. The molecule has 0 spiro atoms. The van der Waals surface area contributed by atoms with Gasteiger partial charge in [0.1, 0.15) is 5.76 Å². The van der Waals surface area contributed by atoms with E-state index in [4.69, 9.17) is 4.42 Å². The Kier molecular flexibility index (Phi) is 4.05. The minimum absolute atomic E-state index is 0.165. The molecule has 3 atom stereocenters. The summed E-state index contributed by atoms with van der Waals surface area (Å²) in [6.07, 6.45) is 3.28. The van der Waals surface area contributed by atoms with E-state index < -0.39 is 0 Å². The molecular weight excluding hydrogens is 318 g/mol. The third-order valence-corrected chi connectivity index (χ3v) is 5.11. The third kappa shape index (κ3) is 2.93. The topological polar surface area (TPSA) is 83.4 Å². The maximum atomic E-state index is 12.5. The van der Waals surface area contributed by atoms with Crippen molar-refractivity contribution in [3.05, 3.63) is 47.7 Å². The average Bonchev–Trinajstić information content (AvgIpc) is 3.37. The van der Waals surface area contributed by atoms with Crippen molar-refractivity contribution < 1.29 is 14.0 Å². The van der Waals surface area contributed by atoms with Gasteiger partial charge >= 0.3 is 0 Å². The van der Waals surface area contributed by atoms with Gasteiger partial charge in [0.2, 0.25) is 0 Å². The highest BCUT2D eigenvalue weighted by molar-refractivity contribution is 6.00. The Balaban J connectivity index is 1.52. The van der Waals surface area contributed by atoms with Crippen LogP contribution in [0.3, 0.4) is 0 Å². The largest absolute Gasteiger partial charge is 0.451 e. The van der Waals surface area contributed by atoms with Crippen LogP contribution >= 0.6 is 0 Å². The molecule has 0 radical (unpaired) electrons. The van der Waals surface area contributed by atoms with Gasteiger partial charge in [-0.2, -0.15) is 0 Å². The molecule has 0 saturated carbocycles. The van der Waals surface area contributed by atoms with Crippen molar-refractivity contribution in [1.29, 1.82) is 0 Å². The maximum Gasteiger partial charge on any atom is 0.287 e. The number of benzene rings is 1. The van der Waals surface area contributed by atoms with E-state index >= 15 is 0 Å². The highest BCUT2D eigenvalue weighted by atomic mass is 16.4. The number of carbonyl (C=O) groups excluding carboxylic acids is 2. The van der Waals surface area contributed by atoms with Gasteiger partial charge < -0.3 is 20.4 Å². The molecule has 130 valence electrons. The quantitative estimate of drug-likeness (QED) is 0.795. The zero-order valence-corrected chi connectivity index (χ0v) is 14.0. The van der Waals surface area contributed by atoms with E-state index in [-0.39, 0.29) is 23.6 Å². The van der Waals surface area contributed by atoms with Crippen LogP contribution in [-0.4, -0.2) is 37.0 Å². The third-order valence-electron chi connectivity index (χ3n) is 5.11. The molecule has 0 aliphatic carbocycles.